The highest BCUT2D eigenvalue weighted by Crippen LogP contribution is 2.21. The number of methoxy groups -OCH3 is 1. The van der Waals surface area contributed by atoms with Crippen molar-refractivity contribution in [1.29, 1.82) is 0 Å². The number of ether oxygens (including phenoxy) is 1. The van der Waals surface area contributed by atoms with E-state index >= 15 is 0 Å². The standard InChI is InChI=1S/C20H27NO4S/c1-14-10-16(3)19(11-15(14)2)26(23,24)21-13-20(4,22)12-17-6-8-18(25-5)9-7-17/h6-11,21-22H,12-13H2,1-5H3. The van der Waals surface area contributed by atoms with Crippen LogP contribution < -0.4 is 9.46 Å². The Labute approximate surface area is 156 Å². The van der Waals surface area contributed by atoms with E-state index in [1.54, 1.807) is 27.0 Å². The molecule has 2 aromatic rings. The highest BCUT2D eigenvalue weighted by Gasteiger charge is 2.26. The molecule has 0 bridgehead atoms. The topological polar surface area (TPSA) is 75.6 Å². The van der Waals surface area contributed by atoms with Gasteiger partial charge in [0.05, 0.1) is 17.6 Å². The molecule has 2 rings (SSSR count). The first kappa shape index (κ1) is 20.4. The van der Waals surface area contributed by atoms with E-state index in [4.69, 9.17) is 4.74 Å². The zero-order valence-corrected chi connectivity index (χ0v) is 16.8. The van der Waals surface area contributed by atoms with Gasteiger partial charge < -0.3 is 9.84 Å². The van der Waals surface area contributed by atoms with Gasteiger partial charge >= 0.3 is 0 Å². The minimum absolute atomic E-state index is 0.0757. The molecule has 2 aromatic carbocycles. The van der Waals surface area contributed by atoms with Gasteiger partial charge in [-0.15, -0.1) is 0 Å². The Morgan fingerprint density at radius 1 is 1.04 bits per heavy atom. The monoisotopic (exact) mass is 377 g/mol. The van der Waals surface area contributed by atoms with Gasteiger partial charge in [-0.25, -0.2) is 13.1 Å². The van der Waals surface area contributed by atoms with Gasteiger partial charge in [0, 0.05) is 13.0 Å². The number of nitrogens with one attached hydrogen (secondary N) is 1. The second-order valence-corrected chi connectivity index (χ2v) is 8.78. The molecule has 0 aromatic heterocycles. The van der Waals surface area contributed by atoms with Gasteiger partial charge in [0.25, 0.3) is 0 Å². The van der Waals surface area contributed by atoms with Crippen LogP contribution in [0.15, 0.2) is 41.3 Å². The van der Waals surface area contributed by atoms with E-state index in [1.165, 1.54) is 0 Å². The average Bonchev–Trinajstić information content (AvgIpc) is 2.57. The molecule has 0 saturated heterocycles. The zero-order valence-electron chi connectivity index (χ0n) is 16.0. The van der Waals surface area contributed by atoms with Crippen molar-refractivity contribution in [3.05, 3.63) is 58.7 Å². The summed E-state index contributed by atoms with van der Waals surface area (Å²) < 4.78 is 33.0. The van der Waals surface area contributed by atoms with Gasteiger partial charge in [0.15, 0.2) is 0 Å². The first-order chi connectivity index (χ1) is 12.0. The van der Waals surface area contributed by atoms with E-state index in [-0.39, 0.29) is 11.4 Å². The molecule has 1 atom stereocenters. The number of hydrogen-bond acceptors (Lipinski definition) is 4. The molecule has 0 saturated carbocycles. The molecule has 0 aliphatic carbocycles. The lowest BCUT2D eigenvalue weighted by Crippen LogP contribution is -2.42. The Balaban J connectivity index is 2.11. The van der Waals surface area contributed by atoms with E-state index in [0.29, 0.717) is 12.0 Å². The van der Waals surface area contributed by atoms with E-state index < -0.39 is 15.6 Å². The second-order valence-electron chi connectivity index (χ2n) is 7.05. The van der Waals surface area contributed by atoms with Crippen LogP contribution in [-0.4, -0.2) is 32.8 Å². The highest BCUT2D eigenvalue weighted by atomic mass is 32.2. The van der Waals surface area contributed by atoms with E-state index in [1.807, 2.05) is 44.2 Å². The fourth-order valence-electron chi connectivity index (χ4n) is 2.80. The molecule has 26 heavy (non-hydrogen) atoms. The summed E-state index contributed by atoms with van der Waals surface area (Å²) in [7, 11) is -2.10. The third-order valence-electron chi connectivity index (χ3n) is 4.47. The van der Waals surface area contributed by atoms with Crippen LogP contribution in [-0.2, 0) is 16.4 Å². The van der Waals surface area contributed by atoms with Crippen LogP contribution in [0, 0.1) is 20.8 Å². The molecule has 0 spiro atoms. The predicted octanol–water partition coefficient (Wildman–Crippen LogP) is 2.89. The van der Waals surface area contributed by atoms with Crippen molar-refractivity contribution in [2.75, 3.05) is 13.7 Å². The van der Waals surface area contributed by atoms with Crippen molar-refractivity contribution >= 4 is 10.0 Å². The minimum atomic E-state index is -3.70. The fourth-order valence-corrected chi connectivity index (χ4v) is 4.27. The summed E-state index contributed by atoms with van der Waals surface area (Å²) in [4.78, 5) is 0.251. The smallest absolute Gasteiger partial charge is 0.240 e. The fraction of sp³-hybridized carbons (Fsp3) is 0.400. The summed E-state index contributed by atoms with van der Waals surface area (Å²) in [6.07, 6.45) is 0.325. The molecule has 1 unspecified atom stereocenters. The molecule has 0 heterocycles. The minimum Gasteiger partial charge on any atom is -0.497 e. The maximum absolute atomic E-state index is 12.7. The van der Waals surface area contributed by atoms with Gasteiger partial charge in [-0.1, -0.05) is 18.2 Å². The summed E-state index contributed by atoms with van der Waals surface area (Å²) in [5, 5.41) is 10.6. The summed E-state index contributed by atoms with van der Waals surface area (Å²) in [6, 6.07) is 10.9. The first-order valence-electron chi connectivity index (χ1n) is 8.47. The van der Waals surface area contributed by atoms with Crippen LogP contribution in [0.3, 0.4) is 0 Å². The maximum Gasteiger partial charge on any atom is 0.240 e. The molecule has 2 N–H and O–H groups in total. The molecule has 6 heteroatoms. The van der Waals surface area contributed by atoms with Crippen molar-refractivity contribution in [1.82, 2.24) is 4.72 Å². The van der Waals surface area contributed by atoms with Crippen molar-refractivity contribution in [3.8, 4) is 5.75 Å². The van der Waals surface area contributed by atoms with Crippen LogP contribution in [0.2, 0.25) is 0 Å². The van der Waals surface area contributed by atoms with Gasteiger partial charge in [0.2, 0.25) is 10.0 Å². The molecular weight excluding hydrogens is 350 g/mol. The number of hydrogen-bond donors (Lipinski definition) is 2. The number of aryl methyl sites for hydroxylation is 3. The van der Waals surface area contributed by atoms with E-state index in [2.05, 4.69) is 4.72 Å². The van der Waals surface area contributed by atoms with E-state index in [9.17, 15) is 13.5 Å². The first-order valence-corrected chi connectivity index (χ1v) is 9.95. The Morgan fingerprint density at radius 3 is 2.19 bits per heavy atom. The summed E-state index contributed by atoms with van der Waals surface area (Å²) in [5.74, 6) is 0.735. The predicted molar refractivity (Wildman–Crippen MR) is 103 cm³/mol. The van der Waals surface area contributed by atoms with Gasteiger partial charge in [-0.05, 0) is 68.1 Å². The van der Waals surface area contributed by atoms with Gasteiger partial charge in [-0.2, -0.15) is 0 Å². The van der Waals surface area contributed by atoms with Crippen LogP contribution >= 0.6 is 0 Å². The molecule has 142 valence electrons. The lowest BCUT2D eigenvalue weighted by Gasteiger charge is -2.24. The lowest BCUT2D eigenvalue weighted by atomic mass is 9.97. The summed E-state index contributed by atoms with van der Waals surface area (Å²) in [6.45, 7) is 7.15. The molecule has 0 aliphatic rings. The Kier molecular flexibility index (Phi) is 6.11. The van der Waals surface area contributed by atoms with Crippen LogP contribution in [0.25, 0.3) is 0 Å². The van der Waals surface area contributed by atoms with Gasteiger partial charge in [-0.3, -0.25) is 0 Å². The quantitative estimate of drug-likeness (QED) is 0.778. The summed E-state index contributed by atoms with van der Waals surface area (Å²) in [5.41, 5.74) is 2.34. The van der Waals surface area contributed by atoms with Crippen molar-refractivity contribution in [2.24, 2.45) is 0 Å². The van der Waals surface area contributed by atoms with Crippen molar-refractivity contribution in [3.63, 3.8) is 0 Å². The molecular formula is C20H27NO4S. The lowest BCUT2D eigenvalue weighted by molar-refractivity contribution is 0.0657. The Hall–Kier alpha value is -1.89. The number of rotatable bonds is 7. The highest BCUT2D eigenvalue weighted by molar-refractivity contribution is 7.89. The van der Waals surface area contributed by atoms with Crippen LogP contribution in [0.5, 0.6) is 5.75 Å². The van der Waals surface area contributed by atoms with Crippen molar-refractivity contribution in [2.45, 2.75) is 44.6 Å². The largest absolute Gasteiger partial charge is 0.497 e. The zero-order chi connectivity index (χ0) is 19.5. The number of aliphatic hydroxyl groups is 1. The number of benzene rings is 2. The Morgan fingerprint density at radius 2 is 1.62 bits per heavy atom. The molecule has 0 aliphatic heterocycles. The van der Waals surface area contributed by atoms with E-state index in [0.717, 1.165) is 22.4 Å². The van der Waals surface area contributed by atoms with Crippen LogP contribution in [0.1, 0.15) is 29.2 Å². The number of sulfonamides is 1. The van der Waals surface area contributed by atoms with Gasteiger partial charge in [0.1, 0.15) is 5.75 Å². The Bertz CT molecular complexity index is 871. The molecule has 0 fully saturated rings. The normalized spacial score (nSPS) is 14.1. The maximum atomic E-state index is 12.7. The summed E-state index contributed by atoms with van der Waals surface area (Å²) >= 11 is 0. The molecule has 5 nitrogen and oxygen atoms in total. The second kappa shape index (κ2) is 7.78. The average molecular weight is 378 g/mol. The third-order valence-corrected chi connectivity index (χ3v) is 6.01. The van der Waals surface area contributed by atoms with Crippen molar-refractivity contribution < 1.29 is 18.3 Å². The van der Waals surface area contributed by atoms with Crippen LogP contribution in [0.4, 0.5) is 0 Å². The third kappa shape index (κ3) is 5.06. The molecule has 0 amide bonds. The SMILES string of the molecule is COc1ccc(CC(C)(O)CNS(=O)(=O)c2cc(C)c(C)cc2C)cc1. The molecule has 0 radical (unpaired) electrons.